The van der Waals surface area contributed by atoms with Gasteiger partial charge in [0, 0.05) is 12.1 Å². The molecule has 18 heavy (non-hydrogen) atoms. The minimum atomic E-state index is -0.471. The van der Waals surface area contributed by atoms with Crippen molar-refractivity contribution in [1.82, 2.24) is 10.2 Å². The first-order valence-corrected chi connectivity index (χ1v) is 6.24. The number of piperidine rings is 1. The third kappa shape index (κ3) is 4.71. The minimum Gasteiger partial charge on any atom is -0.368 e. The van der Waals surface area contributed by atoms with Crippen LogP contribution in [0.4, 0.5) is 0 Å². The van der Waals surface area contributed by atoms with Crippen LogP contribution >= 0.6 is 0 Å². The Labute approximate surface area is 108 Å². The number of nitrogens with two attached hydrogens (primary N) is 1. The number of hydrogen-bond donors (Lipinski definition) is 2. The van der Waals surface area contributed by atoms with Crippen molar-refractivity contribution in [1.29, 1.82) is 0 Å². The molecule has 0 bridgehead atoms. The van der Waals surface area contributed by atoms with Gasteiger partial charge >= 0.3 is 0 Å². The summed E-state index contributed by atoms with van der Waals surface area (Å²) in [6, 6.07) is 0.0986. The third-order valence-corrected chi connectivity index (χ3v) is 2.90. The van der Waals surface area contributed by atoms with E-state index in [4.69, 9.17) is 5.73 Å². The summed E-state index contributed by atoms with van der Waals surface area (Å²) in [5.74, 6) is -0.625. The topological polar surface area (TPSA) is 75.4 Å². The highest BCUT2D eigenvalue weighted by molar-refractivity contribution is 5.91. The predicted octanol–water partition coefficient (Wildman–Crippen LogP) is 0.185. The lowest BCUT2D eigenvalue weighted by atomic mass is 10.0. The van der Waals surface area contributed by atoms with E-state index in [1.807, 2.05) is 13.0 Å². The Morgan fingerprint density at radius 3 is 2.56 bits per heavy atom. The van der Waals surface area contributed by atoms with E-state index in [1.54, 1.807) is 17.1 Å². The zero-order chi connectivity index (χ0) is 13.4. The molecule has 1 fully saturated rings. The molecule has 2 amide bonds. The second-order valence-corrected chi connectivity index (χ2v) is 4.30. The highest BCUT2D eigenvalue weighted by Gasteiger charge is 2.24. The third-order valence-electron chi connectivity index (χ3n) is 2.90. The number of amides is 2. The number of rotatable bonds is 5. The van der Waals surface area contributed by atoms with Crippen molar-refractivity contribution in [2.24, 2.45) is 5.73 Å². The molecular formula is C13H21N3O2. The molecule has 3 N–H and O–H groups in total. The quantitative estimate of drug-likeness (QED) is 0.541. The monoisotopic (exact) mass is 251 g/mol. The second kappa shape index (κ2) is 7.66. The zero-order valence-electron chi connectivity index (χ0n) is 10.8. The van der Waals surface area contributed by atoms with Crippen LogP contribution in [0.3, 0.4) is 0 Å². The summed E-state index contributed by atoms with van der Waals surface area (Å²) < 4.78 is 0. The van der Waals surface area contributed by atoms with E-state index in [-0.39, 0.29) is 18.5 Å². The van der Waals surface area contributed by atoms with Crippen molar-refractivity contribution >= 4 is 11.8 Å². The first-order chi connectivity index (χ1) is 8.65. The average Bonchev–Trinajstić information content (AvgIpc) is 2.37. The van der Waals surface area contributed by atoms with E-state index in [2.05, 4.69) is 5.32 Å². The van der Waals surface area contributed by atoms with Crippen LogP contribution in [0.5, 0.6) is 0 Å². The molecule has 0 aromatic heterocycles. The molecule has 0 radical (unpaired) electrons. The summed E-state index contributed by atoms with van der Waals surface area (Å²) in [4.78, 5) is 24.7. The Balaban J connectivity index is 2.69. The normalized spacial score (nSPS) is 17.4. The lowest BCUT2D eigenvalue weighted by Gasteiger charge is -2.33. The van der Waals surface area contributed by atoms with Gasteiger partial charge in [-0.1, -0.05) is 18.2 Å². The highest BCUT2D eigenvalue weighted by Crippen LogP contribution is 2.12. The summed E-state index contributed by atoms with van der Waals surface area (Å²) in [5.41, 5.74) is 5.21. The number of primary amides is 1. The van der Waals surface area contributed by atoms with Crippen LogP contribution in [-0.2, 0) is 9.59 Å². The summed E-state index contributed by atoms with van der Waals surface area (Å²) in [6.07, 6.45) is 8.49. The summed E-state index contributed by atoms with van der Waals surface area (Å²) >= 11 is 0. The van der Waals surface area contributed by atoms with Crippen LogP contribution in [0.25, 0.3) is 0 Å². The Morgan fingerprint density at radius 2 is 2.00 bits per heavy atom. The average molecular weight is 251 g/mol. The molecule has 0 aliphatic carbocycles. The van der Waals surface area contributed by atoms with Crippen molar-refractivity contribution in [2.75, 3.05) is 19.6 Å². The fourth-order valence-electron chi connectivity index (χ4n) is 2.02. The van der Waals surface area contributed by atoms with Crippen LogP contribution < -0.4 is 11.1 Å². The Hall–Kier alpha value is -1.62. The van der Waals surface area contributed by atoms with Gasteiger partial charge in [-0.2, -0.15) is 0 Å². The van der Waals surface area contributed by atoms with Gasteiger partial charge in [-0.3, -0.25) is 9.59 Å². The van der Waals surface area contributed by atoms with Gasteiger partial charge in [0.15, 0.2) is 0 Å². The number of carbonyl (C=O) groups is 2. The van der Waals surface area contributed by atoms with Crippen LogP contribution in [0.15, 0.2) is 24.3 Å². The van der Waals surface area contributed by atoms with Gasteiger partial charge < -0.3 is 16.0 Å². The summed E-state index contributed by atoms with van der Waals surface area (Å²) in [7, 11) is 0. The lowest BCUT2D eigenvalue weighted by molar-refractivity contribution is -0.133. The maximum atomic E-state index is 12.0. The molecule has 0 aromatic rings. The fourth-order valence-corrected chi connectivity index (χ4v) is 2.02. The predicted molar refractivity (Wildman–Crippen MR) is 70.8 cm³/mol. The maximum Gasteiger partial charge on any atom is 0.247 e. The molecule has 100 valence electrons. The molecule has 0 atom stereocenters. The minimum absolute atomic E-state index is 0.0102. The van der Waals surface area contributed by atoms with E-state index in [0.717, 1.165) is 25.9 Å². The molecule has 1 aliphatic heterocycles. The first-order valence-electron chi connectivity index (χ1n) is 6.24. The highest BCUT2D eigenvalue weighted by atomic mass is 16.2. The lowest BCUT2D eigenvalue weighted by Crippen LogP contribution is -2.48. The molecule has 1 saturated heterocycles. The van der Waals surface area contributed by atoms with Crippen molar-refractivity contribution in [3.05, 3.63) is 24.3 Å². The smallest absolute Gasteiger partial charge is 0.247 e. The number of nitrogens with zero attached hydrogens (tertiary/aromatic N) is 1. The number of hydrogen-bond acceptors (Lipinski definition) is 3. The van der Waals surface area contributed by atoms with E-state index in [0.29, 0.717) is 0 Å². The van der Waals surface area contributed by atoms with Crippen LogP contribution in [0.1, 0.15) is 19.8 Å². The van der Waals surface area contributed by atoms with Crippen molar-refractivity contribution in [2.45, 2.75) is 25.8 Å². The Morgan fingerprint density at radius 1 is 1.33 bits per heavy atom. The van der Waals surface area contributed by atoms with Gasteiger partial charge in [0.2, 0.25) is 11.8 Å². The molecule has 0 unspecified atom stereocenters. The van der Waals surface area contributed by atoms with Crippen LogP contribution in [-0.4, -0.2) is 42.4 Å². The van der Waals surface area contributed by atoms with Gasteiger partial charge in [0.1, 0.15) is 0 Å². The first kappa shape index (κ1) is 14.4. The molecule has 1 heterocycles. The van der Waals surface area contributed by atoms with Crippen molar-refractivity contribution in [3.8, 4) is 0 Å². The molecule has 1 aliphatic rings. The molecular weight excluding hydrogens is 230 g/mol. The number of allylic oxidation sites excluding steroid dienone is 3. The largest absolute Gasteiger partial charge is 0.368 e. The summed E-state index contributed by atoms with van der Waals surface area (Å²) in [6.45, 7) is 3.60. The zero-order valence-corrected chi connectivity index (χ0v) is 10.8. The molecule has 5 heteroatoms. The van der Waals surface area contributed by atoms with Crippen LogP contribution in [0.2, 0.25) is 0 Å². The van der Waals surface area contributed by atoms with Gasteiger partial charge in [-0.25, -0.2) is 0 Å². The van der Waals surface area contributed by atoms with E-state index < -0.39 is 5.91 Å². The number of nitrogens with one attached hydrogen (secondary N) is 1. The van der Waals surface area contributed by atoms with Crippen molar-refractivity contribution in [3.63, 3.8) is 0 Å². The van der Waals surface area contributed by atoms with Gasteiger partial charge in [-0.05, 0) is 32.9 Å². The standard InChI is InChI=1S/C13H21N3O2/c1-2-3-4-5-13(18)16(10-12(14)17)11-6-8-15-9-7-11/h2-5,11,15H,6-10H2,1H3,(H2,14,17)/b3-2+,5-4+. The number of carbonyl (C=O) groups excluding carboxylic acids is 2. The van der Waals surface area contributed by atoms with E-state index in [9.17, 15) is 9.59 Å². The van der Waals surface area contributed by atoms with Gasteiger partial charge in [0.05, 0.1) is 6.54 Å². The fraction of sp³-hybridized carbons (Fsp3) is 0.538. The van der Waals surface area contributed by atoms with Gasteiger partial charge in [0.25, 0.3) is 0 Å². The summed E-state index contributed by atoms with van der Waals surface area (Å²) in [5, 5.41) is 3.23. The maximum absolute atomic E-state index is 12.0. The molecule has 5 nitrogen and oxygen atoms in total. The van der Waals surface area contributed by atoms with E-state index in [1.165, 1.54) is 6.08 Å². The molecule has 0 aromatic carbocycles. The molecule has 1 rings (SSSR count). The van der Waals surface area contributed by atoms with E-state index >= 15 is 0 Å². The van der Waals surface area contributed by atoms with Crippen LogP contribution in [0, 0.1) is 0 Å². The molecule has 0 spiro atoms. The Kier molecular flexibility index (Phi) is 6.14. The second-order valence-electron chi connectivity index (χ2n) is 4.30. The SMILES string of the molecule is C/C=C/C=C/C(=O)N(CC(N)=O)C1CCNCC1. The molecule has 0 saturated carbocycles. The van der Waals surface area contributed by atoms with Gasteiger partial charge in [-0.15, -0.1) is 0 Å². The Bertz CT molecular complexity index is 344. The van der Waals surface area contributed by atoms with Crippen molar-refractivity contribution < 1.29 is 9.59 Å².